The molecule has 1 amide bonds. The first-order valence-electron chi connectivity index (χ1n) is 6.51. The predicted molar refractivity (Wildman–Crippen MR) is 72.6 cm³/mol. The highest BCUT2D eigenvalue weighted by Gasteiger charge is 2.18. The van der Waals surface area contributed by atoms with E-state index in [1.165, 1.54) is 29.2 Å². The molecular weight excluding hydrogens is 296 g/mol. The van der Waals surface area contributed by atoms with Gasteiger partial charge >= 0.3 is 6.61 Å². The van der Waals surface area contributed by atoms with Gasteiger partial charge in [-0.2, -0.15) is 14.0 Å². The van der Waals surface area contributed by atoms with Gasteiger partial charge in [0.2, 0.25) is 0 Å². The van der Waals surface area contributed by atoms with Crippen LogP contribution in [0.2, 0.25) is 0 Å². The summed E-state index contributed by atoms with van der Waals surface area (Å²) in [5, 5.41) is 13.6. The van der Waals surface area contributed by atoms with Crippen LogP contribution >= 0.6 is 0 Å². The van der Waals surface area contributed by atoms with Crippen LogP contribution in [0.5, 0.6) is 5.75 Å². The van der Waals surface area contributed by atoms with E-state index in [9.17, 15) is 13.6 Å². The normalized spacial score (nSPS) is 12.2. The van der Waals surface area contributed by atoms with Gasteiger partial charge < -0.3 is 9.64 Å². The molecule has 1 heterocycles. The number of tetrazole rings is 1. The van der Waals surface area contributed by atoms with Crippen molar-refractivity contribution in [2.45, 2.75) is 19.5 Å². The van der Waals surface area contributed by atoms with E-state index in [1.54, 1.807) is 7.05 Å². The van der Waals surface area contributed by atoms with Crippen LogP contribution in [0.4, 0.5) is 8.78 Å². The lowest BCUT2D eigenvalue weighted by Gasteiger charge is -2.20. The Hall–Kier alpha value is -2.58. The van der Waals surface area contributed by atoms with Crippen LogP contribution in [0.25, 0.3) is 0 Å². The molecule has 0 radical (unpaired) electrons. The van der Waals surface area contributed by atoms with Crippen LogP contribution in [-0.4, -0.2) is 51.6 Å². The van der Waals surface area contributed by atoms with E-state index in [4.69, 9.17) is 0 Å². The number of carbonyl (C=O) groups excluding carboxylic acids is 1. The van der Waals surface area contributed by atoms with Crippen molar-refractivity contribution in [2.75, 3.05) is 13.6 Å². The van der Waals surface area contributed by atoms with E-state index < -0.39 is 6.61 Å². The second kappa shape index (κ2) is 6.92. The number of alkyl halides is 2. The molecule has 0 saturated heterocycles. The molecule has 0 spiro atoms. The van der Waals surface area contributed by atoms with Gasteiger partial charge in [-0.1, -0.05) is 12.1 Å². The summed E-state index contributed by atoms with van der Waals surface area (Å²) < 4.78 is 28.4. The van der Waals surface area contributed by atoms with Crippen LogP contribution in [0.15, 0.2) is 24.3 Å². The average molecular weight is 311 g/mol. The van der Waals surface area contributed by atoms with Gasteiger partial charge in [-0.05, 0) is 24.3 Å². The Balaban J connectivity index is 1.98. The Morgan fingerprint density at radius 1 is 1.36 bits per heavy atom. The number of ether oxygens (including phenoxy) is 1. The third kappa shape index (κ3) is 3.96. The van der Waals surface area contributed by atoms with Crippen LogP contribution in [0.1, 0.15) is 29.0 Å². The lowest BCUT2D eigenvalue weighted by molar-refractivity contribution is -0.0498. The smallest absolute Gasteiger partial charge is 0.387 e. The number of H-pyrrole nitrogens is 1. The summed E-state index contributed by atoms with van der Waals surface area (Å²) in [7, 11) is 1.64. The first kappa shape index (κ1) is 15.8. The van der Waals surface area contributed by atoms with Crippen molar-refractivity contribution >= 4 is 5.91 Å². The molecule has 1 N–H and O–H groups in total. The SMILES string of the molecule is C[C@@H](CN(C)C(=O)c1ccc(OC(F)F)cc1)c1nn[nH]n1. The van der Waals surface area contributed by atoms with Crippen LogP contribution in [0.3, 0.4) is 0 Å². The number of rotatable bonds is 6. The summed E-state index contributed by atoms with van der Waals surface area (Å²) in [6.45, 7) is -0.623. The monoisotopic (exact) mass is 311 g/mol. The largest absolute Gasteiger partial charge is 0.435 e. The minimum Gasteiger partial charge on any atom is -0.435 e. The molecule has 0 unspecified atom stereocenters. The number of amides is 1. The third-order valence-electron chi connectivity index (χ3n) is 3.02. The number of hydrogen-bond donors (Lipinski definition) is 1. The zero-order valence-electron chi connectivity index (χ0n) is 12.0. The Bertz CT molecular complexity index is 603. The first-order chi connectivity index (χ1) is 10.5. The fraction of sp³-hybridized carbons (Fsp3) is 0.385. The number of hydrogen-bond acceptors (Lipinski definition) is 5. The second-order valence-corrected chi connectivity index (χ2v) is 4.76. The molecule has 2 rings (SSSR count). The topological polar surface area (TPSA) is 84.0 Å². The first-order valence-corrected chi connectivity index (χ1v) is 6.51. The molecule has 0 fully saturated rings. The molecule has 1 aromatic heterocycles. The maximum atomic E-state index is 12.3. The summed E-state index contributed by atoms with van der Waals surface area (Å²) >= 11 is 0. The van der Waals surface area contributed by atoms with E-state index in [2.05, 4.69) is 25.4 Å². The molecule has 2 aromatic rings. The molecule has 22 heavy (non-hydrogen) atoms. The fourth-order valence-electron chi connectivity index (χ4n) is 1.95. The number of likely N-dealkylation sites (N-methyl/N-ethyl adjacent to an activating group) is 1. The third-order valence-corrected chi connectivity index (χ3v) is 3.02. The number of nitrogens with one attached hydrogen (secondary N) is 1. The zero-order valence-corrected chi connectivity index (χ0v) is 12.0. The quantitative estimate of drug-likeness (QED) is 0.877. The lowest BCUT2D eigenvalue weighted by atomic mass is 10.1. The molecular formula is C13H15F2N5O2. The Kier molecular flexibility index (Phi) is 4.97. The van der Waals surface area contributed by atoms with Gasteiger partial charge in [0.05, 0.1) is 0 Å². The molecule has 0 aliphatic rings. The van der Waals surface area contributed by atoms with Crippen molar-refractivity contribution < 1.29 is 18.3 Å². The average Bonchev–Trinajstić information content (AvgIpc) is 3.01. The Morgan fingerprint density at radius 2 is 2.05 bits per heavy atom. The van der Waals surface area contributed by atoms with Crippen molar-refractivity contribution in [3.8, 4) is 5.75 Å². The van der Waals surface area contributed by atoms with Crippen LogP contribution in [0, 0.1) is 0 Å². The van der Waals surface area contributed by atoms with Gasteiger partial charge in [-0.15, -0.1) is 10.2 Å². The van der Waals surface area contributed by atoms with Gasteiger partial charge in [0.1, 0.15) is 5.75 Å². The summed E-state index contributed by atoms with van der Waals surface area (Å²) in [4.78, 5) is 13.8. The highest BCUT2D eigenvalue weighted by atomic mass is 19.3. The number of aromatic amines is 1. The van der Waals surface area contributed by atoms with E-state index in [0.717, 1.165) is 0 Å². The molecule has 0 aliphatic heterocycles. The number of benzene rings is 1. The fourth-order valence-corrected chi connectivity index (χ4v) is 1.95. The van der Waals surface area contributed by atoms with Crippen LogP contribution < -0.4 is 4.74 Å². The molecule has 7 nitrogen and oxygen atoms in total. The van der Waals surface area contributed by atoms with Crippen molar-refractivity contribution in [1.29, 1.82) is 0 Å². The van der Waals surface area contributed by atoms with Gasteiger partial charge in [0, 0.05) is 25.1 Å². The van der Waals surface area contributed by atoms with Crippen molar-refractivity contribution in [3.05, 3.63) is 35.7 Å². The van der Waals surface area contributed by atoms with Crippen molar-refractivity contribution in [2.24, 2.45) is 0 Å². The van der Waals surface area contributed by atoms with E-state index >= 15 is 0 Å². The van der Waals surface area contributed by atoms with Crippen molar-refractivity contribution in [1.82, 2.24) is 25.5 Å². The number of carbonyl (C=O) groups is 1. The molecule has 1 atom stereocenters. The highest BCUT2D eigenvalue weighted by molar-refractivity contribution is 5.94. The Labute approximate surface area is 125 Å². The number of aromatic nitrogens is 4. The number of nitrogens with zero attached hydrogens (tertiary/aromatic N) is 4. The van der Waals surface area contributed by atoms with Crippen LogP contribution in [-0.2, 0) is 0 Å². The minimum atomic E-state index is -2.89. The minimum absolute atomic E-state index is 0.00867. The summed E-state index contributed by atoms with van der Waals surface area (Å²) in [5.41, 5.74) is 0.379. The van der Waals surface area contributed by atoms with E-state index in [1.807, 2.05) is 6.92 Å². The van der Waals surface area contributed by atoms with Gasteiger partial charge in [0.25, 0.3) is 5.91 Å². The molecule has 9 heteroatoms. The molecule has 0 saturated carbocycles. The Morgan fingerprint density at radius 3 is 2.59 bits per heavy atom. The highest BCUT2D eigenvalue weighted by Crippen LogP contribution is 2.17. The molecule has 118 valence electrons. The molecule has 0 aliphatic carbocycles. The van der Waals surface area contributed by atoms with Gasteiger partial charge in [-0.25, -0.2) is 0 Å². The number of halogens is 2. The zero-order chi connectivity index (χ0) is 16.1. The van der Waals surface area contributed by atoms with Crippen molar-refractivity contribution in [3.63, 3.8) is 0 Å². The van der Waals surface area contributed by atoms with E-state index in [0.29, 0.717) is 17.9 Å². The summed E-state index contributed by atoms with van der Waals surface area (Å²) in [6.07, 6.45) is 0. The molecule has 1 aromatic carbocycles. The molecule has 0 bridgehead atoms. The summed E-state index contributed by atoms with van der Waals surface area (Å²) in [6, 6.07) is 5.54. The van der Waals surface area contributed by atoms with Gasteiger partial charge in [0.15, 0.2) is 5.82 Å². The predicted octanol–water partition coefficient (Wildman–Crippen LogP) is 1.68. The maximum absolute atomic E-state index is 12.3. The standard InChI is InChI=1S/C13H15F2N5O2/c1-8(11-16-18-19-17-11)7-20(2)12(21)9-3-5-10(6-4-9)22-13(14)15/h3-6,8,13H,7H2,1-2H3,(H,16,17,18,19)/t8-/m0/s1. The van der Waals surface area contributed by atoms with E-state index in [-0.39, 0.29) is 17.6 Å². The second-order valence-electron chi connectivity index (χ2n) is 4.76. The lowest BCUT2D eigenvalue weighted by Crippen LogP contribution is -2.30. The van der Waals surface area contributed by atoms with Gasteiger partial charge in [-0.3, -0.25) is 4.79 Å². The summed E-state index contributed by atoms with van der Waals surface area (Å²) in [5.74, 6) is 0.197. The maximum Gasteiger partial charge on any atom is 0.387 e.